The van der Waals surface area contributed by atoms with E-state index < -0.39 is 27.7 Å². The fourth-order valence-corrected chi connectivity index (χ4v) is 5.11. The quantitative estimate of drug-likeness (QED) is 0.594. The minimum atomic E-state index is -3.81. The highest BCUT2D eigenvalue weighted by Gasteiger charge is 2.39. The summed E-state index contributed by atoms with van der Waals surface area (Å²) >= 11 is 12.6. The maximum absolute atomic E-state index is 13.1. The van der Waals surface area contributed by atoms with Crippen molar-refractivity contribution in [2.24, 2.45) is 11.7 Å². The Morgan fingerprint density at radius 1 is 1.23 bits per heavy atom. The number of rotatable bonds is 5. The van der Waals surface area contributed by atoms with Crippen LogP contribution in [0, 0.1) is 11.7 Å². The monoisotopic (exact) mass is 469 g/mol. The molecule has 156 valence electrons. The highest BCUT2D eigenvalue weighted by molar-refractivity contribution is 7.89. The number of aromatic nitrogens is 3. The van der Waals surface area contributed by atoms with Gasteiger partial charge in [0, 0.05) is 18.7 Å². The van der Waals surface area contributed by atoms with Gasteiger partial charge in [0.25, 0.3) is 0 Å². The fraction of sp³-hybridized carbons (Fsp3) is 0.167. The van der Waals surface area contributed by atoms with Crippen molar-refractivity contribution in [2.45, 2.75) is 4.90 Å². The van der Waals surface area contributed by atoms with Gasteiger partial charge in [-0.2, -0.15) is 4.31 Å². The van der Waals surface area contributed by atoms with Crippen LogP contribution in [0.1, 0.15) is 0 Å². The molecule has 12 heteroatoms. The Morgan fingerprint density at radius 3 is 2.57 bits per heavy atom. The van der Waals surface area contributed by atoms with Crippen LogP contribution in [0.25, 0.3) is 22.8 Å². The second kappa shape index (κ2) is 7.62. The molecule has 2 aromatic heterocycles. The lowest BCUT2D eigenvalue weighted by Gasteiger charge is -2.36. The SMILES string of the molecule is NC(=O)C1CN(S(=O)(=O)c2ccc(-c3nc(-c4ccc(F)cn4)[nH]c3Cl)c(Cl)c2)C1. The Kier molecular flexibility index (Phi) is 5.27. The molecule has 0 unspecified atom stereocenters. The van der Waals surface area contributed by atoms with Crippen molar-refractivity contribution in [2.75, 3.05) is 13.1 Å². The van der Waals surface area contributed by atoms with E-state index in [9.17, 15) is 17.6 Å². The number of nitrogens with two attached hydrogens (primary N) is 1. The van der Waals surface area contributed by atoms with E-state index in [-0.39, 0.29) is 28.2 Å². The van der Waals surface area contributed by atoms with Crippen LogP contribution < -0.4 is 5.73 Å². The molecule has 1 aromatic carbocycles. The summed E-state index contributed by atoms with van der Waals surface area (Å²) in [6, 6.07) is 6.85. The van der Waals surface area contributed by atoms with Gasteiger partial charge in [0.15, 0.2) is 5.82 Å². The number of carbonyl (C=O) groups is 1. The Hall–Kier alpha value is -2.53. The first-order valence-electron chi connectivity index (χ1n) is 8.63. The number of hydrogen-bond donors (Lipinski definition) is 2. The number of halogens is 3. The number of primary amides is 1. The largest absolute Gasteiger partial charge is 0.369 e. The average Bonchev–Trinajstić information content (AvgIpc) is 3.02. The van der Waals surface area contributed by atoms with Crippen molar-refractivity contribution in [3.05, 3.63) is 52.5 Å². The minimum absolute atomic E-state index is 0.0220. The van der Waals surface area contributed by atoms with Gasteiger partial charge in [-0.05, 0) is 30.3 Å². The molecule has 0 saturated carbocycles. The molecule has 3 N–H and O–H groups in total. The summed E-state index contributed by atoms with van der Waals surface area (Å²) in [6.07, 6.45) is 1.05. The molecule has 0 spiro atoms. The van der Waals surface area contributed by atoms with Crippen LogP contribution in [0.15, 0.2) is 41.4 Å². The molecule has 8 nitrogen and oxygen atoms in total. The summed E-state index contributed by atoms with van der Waals surface area (Å²) < 4.78 is 39.6. The van der Waals surface area contributed by atoms with Crippen LogP contribution in [0.3, 0.4) is 0 Å². The van der Waals surface area contributed by atoms with Crippen molar-refractivity contribution in [1.29, 1.82) is 0 Å². The Bertz CT molecular complexity index is 1240. The van der Waals surface area contributed by atoms with Crippen molar-refractivity contribution >= 4 is 39.1 Å². The van der Waals surface area contributed by atoms with Gasteiger partial charge < -0.3 is 10.7 Å². The van der Waals surface area contributed by atoms with E-state index in [2.05, 4.69) is 15.0 Å². The number of imidazole rings is 1. The third-order valence-electron chi connectivity index (χ3n) is 4.71. The molecular weight excluding hydrogens is 456 g/mol. The predicted octanol–water partition coefficient (Wildman–Crippen LogP) is 2.69. The molecule has 1 aliphatic heterocycles. The molecule has 1 fully saturated rings. The summed E-state index contributed by atoms with van der Waals surface area (Å²) in [5.41, 5.74) is 6.27. The lowest BCUT2D eigenvalue weighted by molar-refractivity contribution is -0.124. The second-order valence-electron chi connectivity index (χ2n) is 6.67. The number of hydrogen-bond acceptors (Lipinski definition) is 5. The zero-order valence-electron chi connectivity index (χ0n) is 15.1. The van der Waals surface area contributed by atoms with Gasteiger partial charge in [0.1, 0.15) is 22.4 Å². The van der Waals surface area contributed by atoms with Crippen molar-refractivity contribution < 1.29 is 17.6 Å². The number of benzene rings is 1. The maximum Gasteiger partial charge on any atom is 0.243 e. The maximum atomic E-state index is 13.1. The highest BCUT2D eigenvalue weighted by Crippen LogP contribution is 2.36. The second-order valence-corrected chi connectivity index (χ2v) is 9.40. The fourth-order valence-electron chi connectivity index (χ4n) is 2.98. The lowest BCUT2D eigenvalue weighted by atomic mass is 10.0. The summed E-state index contributed by atoms with van der Waals surface area (Å²) in [7, 11) is -3.81. The number of carbonyl (C=O) groups excluding carboxylic acids is 1. The topological polar surface area (TPSA) is 122 Å². The third kappa shape index (κ3) is 3.67. The zero-order valence-corrected chi connectivity index (χ0v) is 17.5. The highest BCUT2D eigenvalue weighted by atomic mass is 35.5. The molecule has 3 aromatic rings. The van der Waals surface area contributed by atoms with E-state index in [4.69, 9.17) is 28.9 Å². The summed E-state index contributed by atoms with van der Waals surface area (Å²) in [4.78, 5) is 22.3. The Balaban J connectivity index is 1.63. The first kappa shape index (κ1) is 20.7. The number of nitrogens with zero attached hydrogens (tertiary/aromatic N) is 3. The van der Waals surface area contributed by atoms with Crippen LogP contribution in [-0.4, -0.2) is 46.7 Å². The average molecular weight is 470 g/mol. The van der Waals surface area contributed by atoms with Crippen LogP contribution in [-0.2, 0) is 14.8 Å². The van der Waals surface area contributed by atoms with E-state index in [1.165, 1.54) is 30.3 Å². The van der Waals surface area contributed by atoms with Crippen LogP contribution >= 0.6 is 23.2 Å². The molecule has 1 saturated heterocycles. The number of aromatic amines is 1. The molecule has 0 atom stereocenters. The molecular formula is C18H14Cl2FN5O3S. The van der Waals surface area contributed by atoms with Crippen molar-refractivity contribution in [3.63, 3.8) is 0 Å². The van der Waals surface area contributed by atoms with E-state index in [1.807, 2.05) is 0 Å². The number of sulfonamides is 1. The lowest BCUT2D eigenvalue weighted by Crippen LogP contribution is -2.54. The smallest absolute Gasteiger partial charge is 0.243 e. The number of H-pyrrole nitrogens is 1. The molecule has 0 aliphatic carbocycles. The molecule has 4 rings (SSSR count). The Morgan fingerprint density at radius 2 is 1.97 bits per heavy atom. The molecule has 1 amide bonds. The molecule has 1 aliphatic rings. The van der Waals surface area contributed by atoms with Crippen LogP contribution in [0.4, 0.5) is 4.39 Å². The van der Waals surface area contributed by atoms with E-state index in [0.29, 0.717) is 22.8 Å². The Labute approximate surface area is 180 Å². The number of pyridine rings is 1. The van der Waals surface area contributed by atoms with Crippen LogP contribution in [0.5, 0.6) is 0 Å². The van der Waals surface area contributed by atoms with Gasteiger partial charge in [-0.25, -0.2) is 22.8 Å². The molecule has 0 bridgehead atoms. The summed E-state index contributed by atoms with van der Waals surface area (Å²) in [5, 5.41) is 0.288. The van der Waals surface area contributed by atoms with Gasteiger partial charge in [0.2, 0.25) is 15.9 Å². The molecule has 3 heterocycles. The van der Waals surface area contributed by atoms with Crippen molar-refractivity contribution in [1.82, 2.24) is 19.3 Å². The minimum Gasteiger partial charge on any atom is -0.369 e. The molecule has 0 radical (unpaired) electrons. The number of nitrogens with one attached hydrogen (secondary N) is 1. The standard InChI is InChI=1S/C18H14Cl2FN5O3S/c19-13-5-11(30(28,29)26-7-9(8-26)17(22)27)2-3-12(13)15-16(20)25-18(24-15)14-4-1-10(21)6-23-14/h1-6,9H,7-8H2,(H2,22,27)(H,24,25). The van der Waals surface area contributed by atoms with E-state index in [1.54, 1.807) is 0 Å². The molecule has 30 heavy (non-hydrogen) atoms. The van der Waals surface area contributed by atoms with Crippen LogP contribution in [0.2, 0.25) is 10.2 Å². The predicted molar refractivity (Wildman–Crippen MR) is 109 cm³/mol. The van der Waals surface area contributed by atoms with E-state index in [0.717, 1.165) is 10.5 Å². The summed E-state index contributed by atoms with van der Waals surface area (Å²) in [6.45, 7) is 0.0759. The van der Waals surface area contributed by atoms with E-state index >= 15 is 0 Å². The zero-order chi connectivity index (χ0) is 21.6. The first-order valence-corrected chi connectivity index (χ1v) is 10.8. The van der Waals surface area contributed by atoms with Crippen molar-refractivity contribution in [3.8, 4) is 22.8 Å². The normalized spacial score (nSPS) is 15.2. The first-order chi connectivity index (χ1) is 14.2. The summed E-state index contributed by atoms with van der Waals surface area (Å²) in [5.74, 6) is -1.20. The van der Waals surface area contributed by atoms with Gasteiger partial charge in [-0.15, -0.1) is 0 Å². The van der Waals surface area contributed by atoms with Gasteiger partial charge in [0.05, 0.1) is 22.0 Å². The third-order valence-corrected chi connectivity index (χ3v) is 7.13. The van der Waals surface area contributed by atoms with Gasteiger partial charge in [-0.1, -0.05) is 23.2 Å². The van der Waals surface area contributed by atoms with Gasteiger partial charge >= 0.3 is 0 Å². The number of amides is 1. The van der Waals surface area contributed by atoms with Gasteiger partial charge in [-0.3, -0.25) is 4.79 Å².